The van der Waals surface area contributed by atoms with Crippen LogP contribution in [0.5, 0.6) is 5.75 Å². The normalized spacial score (nSPS) is 20.1. The molecule has 2 heterocycles. The highest BCUT2D eigenvalue weighted by Gasteiger charge is 2.28. The van der Waals surface area contributed by atoms with E-state index in [1.54, 1.807) is 27.5 Å². The number of hydrogen-bond donors (Lipinski definition) is 3. The number of fused-ring (bicyclic) bond motifs is 1. The number of nitrogens with one attached hydrogen (secondary N) is 3. The number of ether oxygens (including phenoxy) is 3. The molecule has 0 saturated heterocycles. The van der Waals surface area contributed by atoms with Gasteiger partial charge in [-0.3, -0.25) is 4.90 Å². The van der Waals surface area contributed by atoms with Gasteiger partial charge in [0.05, 0.1) is 44.5 Å². The van der Waals surface area contributed by atoms with E-state index in [0.717, 1.165) is 57.3 Å². The van der Waals surface area contributed by atoms with E-state index in [2.05, 4.69) is 42.4 Å². The fourth-order valence-corrected chi connectivity index (χ4v) is 6.57. The molecule has 2 atom stereocenters. The summed E-state index contributed by atoms with van der Waals surface area (Å²) in [6.45, 7) is 3.05. The Labute approximate surface area is 242 Å². The second kappa shape index (κ2) is 14.1. The average Bonchev–Trinajstić information content (AvgIpc) is 3.12. The standard InChI is InChI=1S/C27H41ClN6O5S/c1-37-16-20(17-38-2)34-11-9-18-13-24(25(39-3)14-19(18)10-12-34)31-27-29-15-21(28)26(32-27)30-22-7-5-6-8-23(22)33-40(4,35)36/h13-15,20,22-23,33H,5-12,16-17H2,1-4H3,(H2,29,30,31,32)/t22-,23-/m1/s1. The van der Waals surface area contributed by atoms with Crippen molar-refractivity contribution in [2.24, 2.45) is 0 Å². The van der Waals surface area contributed by atoms with Crippen LogP contribution in [0.25, 0.3) is 0 Å². The largest absolute Gasteiger partial charge is 0.495 e. The van der Waals surface area contributed by atoms with Crippen molar-refractivity contribution >= 4 is 39.1 Å². The van der Waals surface area contributed by atoms with E-state index >= 15 is 0 Å². The molecule has 1 fully saturated rings. The van der Waals surface area contributed by atoms with E-state index < -0.39 is 10.0 Å². The summed E-state index contributed by atoms with van der Waals surface area (Å²) in [5.41, 5.74) is 3.26. The van der Waals surface area contributed by atoms with Crippen LogP contribution in [-0.4, -0.2) is 95.3 Å². The molecule has 1 aromatic heterocycles. The molecule has 2 aliphatic rings. The lowest BCUT2D eigenvalue weighted by atomic mass is 9.91. The van der Waals surface area contributed by atoms with Gasteiger partial charge in [0.2, 0.25) is 16.0 Å². The summed E-state index contributed by atoms with van der Waals surface area (Å²) in [5.74, 6) is 1.53. The molecule has 3 N–H and O–H groups in total. The zero-order valence-corrected chi connectivity index (χ0v) is 25.3. The molecule has 222 valence electrons. The molecule has 4 rings (SSSR count). The Morgan fingerprint density at radius 1 is 1.05 bits per heavy atom. The van der Waals surface area contributed by atoms with Gasteiger partial charge >= 0.3 is 0 Å². The highest BCUT2D eigenvalue weighted by Crippen LogP contribution is 2.33. The molecule has 0 amide bonds. The van der Waals surface area contributed by atoms with Crippen molar-refractivity contribution in [1.82, 2.24) is 19.6 Å². The predicted molar refractivity (Wildman–Crippen MR) is 157 cm³/mol. The molecule has 1 saturated carbocycles. The second-order valence-corrected chi connectivity index (χ2v) is 12.7. The summed E-state index contributed by atoms with van der Waals surface area (Å²) in [4.78, 5) is 11.5. The molecular weight excluding hydrogens is 556 g/mol. The molecule has 0 unspecified atom stereocenters. The molecule has 0 spiro atoms. The van der Waals surface area contributed by atoms with Crippen molar-refractivity contribution in [3.8, 4) is 5.75 Å². The third kappa shape index (κ3) is 8.17. The smallest absolute Gasteiger partial charge is 0.229 e. The molecule has 13 heteroatoms. The van der Waals surface area contributed by atoms with Crippen molar-refractivity contribution < 1.29 is 22.6 Å². The molecular formula is C27H41ClN6O5S. The minimum Gasteiger partial charge on any atom is -0.495 e. The number of anilines is 3. The Morgan fingerprint density at radius 3 is 2.33 bits per heavy atom. The number of methoxy groups -OCH3 is 3. The van der Waals surface area contributed by atoms with E-state index in [0.29, 0.717) is 35.8 Å². The van der Waals surface area contributed by atoms with Gasteiger partial charge in [0.25, 0.3) is 0 Å². The zero-order chi connectivity index (χ0) is 28.7. The topological polar surface area (TPSA) is 127 Å². The number of nitrogens with zero attached hydrogens (tertiary/aromatic N) is 3. The van der Waals surface area contributed by atoms with Crippen molar-refractivity contribution in [3.63, 3.8) is 0 Å². The van der Waals surface area contributed by atoms with Crippen LogP contribution in [0, 0.1) is 0 Å². The van der Waals surface area contributed by atoms with Crippen LogP contribution in [-0.2, 0) is 32.3 Å². The number of sulfonamides is 1. The monoisotopic (exact) mass is 596 g/mol. The number of aromatic nitrogens is 2. The Morgan fingerprint density at radius 2 is 1.70 bits per heavy atom. The van der Waals surface area contributed by atoms with Crippen LogP contribution in [0.15, 0.2) is 18.3 Å². The van der Waals surface area contributed by atoms with E-state index in [-0.39, 0.29) is 18.1 Å². The fraction of sp³-hybridized carbons (Fsp3) is 0.630. The van der Waals surface area contributed by atoms with Crippen molar-refractivity contribution in [2.45, 2.75) is 56.7 Å². The lowest BCUT2D eigenvalue weighted by molar-refractivity contribution is 0.0377. The van der Waals surface area contributed by atoms with Gasteiger partial charge in [0.1, 0.15) is 10.8 Å². The Kier molecular flexibility index (Phi) is 10.8. The molecule has 0 radical (unpaired) electrons. The molecule has 2 aromatic rings. The van der Waals surface area contributed by atoms with Crippen LogP contribution in [0.4, 0.5) is 17.5 Å². The van der Waals surface area contributed by atoms with Crippen molar-refractivity contribution in [3.05, 3.63) is 34.5 Å². The molecule has 1 aromatic carbocycles. The van der Waals surface area contributed by atoms with Crippen LogP contribution in [0.2, 0.25) is 5.02 Å². The van der Waals surface area contributed by atoms with Gasteiger partial charge in [-0.2, -0.15) is 4.98 Å². The van der Waals surface area contributed by atoms with Crippen molar-refractivity contribution in [2.75, 3.05) is 64.5 Å². The van der Waals surface area contributed by atoms with Crippen LogP contribution >= 0.6 is 11.6 Å². The summed E-state index contributed by atoms with van der Waals surface area (Å²) in [6.07, 6.45) is 8.01. The highest BCUT2D eigenvalue weighted by molar-refractivity contribution is 7.88. The highest BCUT2D eigenvalue weighted by atomic mass is 35.5. The molecule has 40 heavy (non-hydrogen) atoms. The second-order valence-electron chi connectivity index (χ2n) is 10.5. The van der Waals surface area contributed by atoms with Gasteiger partial charge in [0.15, 0.2) is 5.82 Å². The van der Waals surface area contributed by atoms with Crippen LogP contribution in [0.1, 0.15) is 36.8 Å². The van der Waals surface area contributed by atoms with Gasteiger partial charge in [-0.15, -0.1) is 0 Å². The fourth-order valence-electron chi connectivity index (χ4n) is 5.59. The molecule has 0 bridgehead atoms. The first-order chi connectivity index (χ1) is 19.2. The minimum atomic E-state index is -3.34. The molecule has 11 nitrogen and oxygen atoms in total. The first-order valence-corrected chi connectivity index (χ1v) is 15.9. The van der Waals surface area contributed by atoms with E-state index in [1.807, 2.05) is 0 Å². The minimum absolute atomic E-state index is 0.131. The van der Waals surface area contributed by atoms with E-state index in [1.165, 1.54) is 17.4 Å². The van der Waals surface area contributed by atoms with Gasteiger partial charge in [-0.1, -0.05) is 24.4 Å². The summed E-state index contributed by atoms with van der Waals surface area (Å²) in [5, 5.41) is 7.04. The summed E-state index contributed by atoms with van der Waals surface area (Å²) in [6, 6.07) is 4.03. The number of halogens is 1. The third-order valence-electron chi connectivity index (χ3n) is 7.54. The molecule has 1 aliphatic heterocycles. The molecule has 1 aliphatic carbocycles. The first-order valence-electron chi connectivity index (χ1n) is 13.7. The summed E-state index contributed by atoms with van der Waals surface area (Å²) < 4.78 is 43.1. The lowest BCUT2D eigenvalue weighted by Crippen LogP contribution is -2.48. The summed E-state index contributed by atoms with van der Waals surface area (Å²) in [7, 11) is 1.75. The SMILES string of the molecule is COCC(COC)N1CCc2cc(Nc3ncc(Cl)c(N[C@@H]4CCCC[C@H]4NS(C)(=O)=O)n3)c(OC)cc2CC1. The van der Waals surface area contributed by atoms with Gasteiger partial charge in [0, 0.05) is 39.4 Å². The van der Waals surface area contributed by atoms with E-state index in [9.17, 15) is 8.42 Å². The third-order valence-corrected chi connectivity index (χ3v) is 8.54. The Balaban J connectivity index is 1.52. The van der Waals surface area contributed by atoms with Crippen LogP contribution < -0.4 is 20.1 Å². The average molecular weight is 597 g/mol. The number of benzene rings is 1. The maximum Gasteiger partial charge on any atom is 0.229 e. The maximum absolute atomic E-state index is 11.9. The maximum atomic E-state index is 11.9. The van der Waals surface area contributed by atoms with Gasteiger partial charge in [-0.25, -0.2) is 18.1 Å². The zero-order valence-electron chi connectivity index (χ0n) is 23.7. The van der Waals surface area contributed by atoms with Gasteiger partial charge < -0.3 is 24.8 Å². The van der Waals surface area contributed by atoms with Gasteiger partial charge in [-0.05, 0) is 48.9 Å². The predicted octanol–water partition coefficient (Wildman–Crippen LogP) is 3.22. The quantitative estimate of drug-likeness (QED) is 0.336. The Hall–Kier alpha value is -2.22. The van der Waals surface area contributed by atoms with E-state index in [4.69, 9.17) is 25.8 Å². The van der Waals surface area contributed by atoms with Crippen LogP contribution in [0.3, 0.4) is 0 Å². The van der Waals surface area contributed by atoms with Crippen molar-refractivity contribution in [1.29, 1.82) is 0 Å². The number of rotatable bonds is 12. The number of hydrogen-bond acceptors (Lipinski definition) is 10. The Bertz CT molecular complexity index is 1240. The first kappa shape index (κ1) is 30.7. The summed E-state index contributed by atoms with van der Waals surface area (Å²) >= 11 is 6.45. The lowest BCUT2D eigenvalue weighted by Gasteiger charge is -2.32.